The summed E-state index contributed by atoms with van der Waals surface area (Å²) in [6, 6.07) is 6.16. The summed E-state index contributed by atoms with van der Waals surface area (Å²) < 4.78 is 17.2. The third-order valence-electron chi connectivity index (χ3n) is 4.21. The third-order valence-corrected chi connectivity index (χ3v) is 4.49. The number of aryl methyl sites for hydroxylation is 2. The van der Waals surface area contributed by atoms with Gasteiger partial charge in [0.1, 0.15) is 5.15 Å². The maximum atomic E-state index is 14.2. The number of imidazole rings is 1. The number of halogens is 2. The SMILES string of the molecule is [C-]#[N+]c1cc(F)c(Nc2ccc3c(c2)n(CC[C@@H](C)O)c(=O)n3C)nc1Cl. The van der Waals surface area contributed by atoms with Crippen LogP contribution in [0.2, 0.25) is 5.15 Å². The molecule has 0 bridgehead atoms. The summed E-state index contributed by atoms with van der Waals surface area (Å²) in [6.07, 6.45) is -0.101. The molecule has 140 valence electrons. The Bertz CT molecular complexity index is 1110. The highest BCUT2D eigenvalue weighted by Crippen LogP contribution is 2.29. The van der Waals surface area contributed by atoms with Gasteiger partial charge in [-0.2, -0.15) is 0 Å². The Morgan fingerprint density at radius 3 is 2.81 bits per heavy atom. The van der Waals surface area contributed by atoms with Gasteiger partial charge in [0.05, 0.1) is 23.7 Å². The van der Waals surface area contributed by atoms with Gasteiger partial charge in [-0.15, -0.1) is 0 Å². The van der Waals surface area contributed by atoms with Crippen LogP contribution in [-0.4, -0.2) is 25.3 Å². The van der Waals surface area contributed by atoms with Gasteiger partial charge in [-0.1, -0.05) is 11.6 Å². The van der Waals surface area contributed by atoms with Crippen LogP contribution in [0.3, 0.4) is 0 Å². The van der Waals surface area contributed by atoms with Crippen LogP contribution in [0.1, 0.15) is 13.3 Å². The topological polar surface area (TPSA) is 76.4 Å². The molecule has 27 heavy (non-hydrogen) atoms. The van der Waals surface area contributed by atoms with E-state index >= 15 is 0 Å². The van der Waals surface area contributed by atoms with Crippen LogP contribution < -0.4 is 11.0 Å². The third kappa shape index (κ3) is 3.65. The lowest BCUT2D eigenvalue weighted by atomic mass is 10.2. The van der Waals surface area contributed by atoms with Crippen LogP contribution in [0.4, 0.5) is 21.6 Å². The van der Waals surface area contributed by atoms with Gasteiger partial charge in [0.15, 0.2) is 11.6 Å². The maximum Gasteiger partial charge on any atom is 0.328 e. The molecule has 3 aromatic rings. The van der Waals surface area contributed by atoms with Crippen molar-refractivity contribution in [3.63, 3.8) is 0 Å². The van der Waals surface area contributed by atoms with Crippen molar-refractivity contribution in [2.75, 3.05) is 5.32 Å². The molecular weight excluding hydrogens is 373 g/mol. The fourth-order valence-corrected chi connectivity index (χ4v) is 2.96. The molecule has 0 saturated carbocycles. The Kier molecular flexibility index (Phi) is 5.17. The second-order valence-electron chi connectivity index (χ2n) is 6.20. The first-order valence-electron chi connectivity index (χ1n) is 8.19. The molecule has 2 heterocycles. The van der Waals surface area contributed by atoms with Crippen molar-refractivity contribution in [1.29, 1.82) is 0 Å². The monoisotopic (exact) mass is 389 g/mol. The van der Waals surface area contributed by atoms with E-state index in [2.05, 4.69) is 15.1 Å². The molecule has 1 atom stereocenters. The maximum absolute atomic E-state index is 14.2. The predicted molar refractivity (Wildman–Crippen MR) is 102 cm³/mol. The number of hydrogen-bond acceptors (Lipinski definition) is 4. The molecule has 0 fully saturated rings. The Labute approximate surface area is 159 Å². The van der Waals surface area contributed by atoms with Gasteiger partial charge >= 0.3 is 5.69 Å². The number of nitrogens with one attached hydrogen (secondary N) is 1. The molecular formula is C18H17ClFN5O2. The van der Waals surface area contributed by atoms with E-state index in [1.54, 1.807) is 36.7 Å². The largest absolute Gasteiger partial charge is 0.393 e. The van der Waals surface area contributed by atoms with Crippen molar-refractivity contribution in [3.05, 3.63) is 57.1 Å². The highest BCUT2D eigenvalue weighted by atomic mass is 35.5. The smallest absolute Gasteiger partial charge is 0.328 e. The minimum Gasteiger partial charge on any atom is -0.393 e. The summed E-state index contributed by atoms with van der Waals surface area (Å²) in [6.45, 7) is 8.96. The number of aromatic nitrogens is 3. The molecule has 0 aliphatic carbocycles. The average molecular weight is 390 g/mol. The van der Waals surface area contributed by atoms with E-state index in [0.717, 1.165) is 6.07 Å². The van der Waals surface area contributed by atoms with Crippen molar-refractivity contribution in [2.24, 2.45) is 7.05 Å². The first-order chi connectivity index (χ1) is 12.8. The van der Waals surface area contributed by atoms with Crippen LogP contribution >= 0.6 is 11.6 Å². The summed E-state index contributed by atoms with van der Waals surface area (Å²) in [5.41, 5.74) is 1.61. The molecule has 2 N–H and O–H groups in total. The molecule has 3 rings (SSSR count). The molecule has 0 aliphatic heterocycles. The quantitative estimate of drug-likeness (QED) is 0.516. The molecule has 0 unspecified atom stereocenters. The Balaban J connectivity index is 2.02. The van der Waals surface area contributed by atoms with Crippen LogP contribution in [-0.2, 0) is 13.6 Å². The fourth-order valence-electron chi connectivity index (χ4n) is 2.78. The second kappa shape index (κ2) is 7.39. The Hall–Kier alpha value is -2.89. The van der Waals surface area contributed by atoms with Crippen LogP contribution in [0.15, 0.2) is 29.1 Å². The second-order valence-corrected chi connectivity index (χ2v) is 6.56. The van der Waals surface area contributed by atoms with Gasteiger partial charge in [0, 0.05) is 19.3 Å². The molecule has 1 aromatic carbocycles. The van der Waals surface area contributed by atoms with Crippen molar-refractivity contribution in [1.82, 2.24) is 14.1 Å². The van der Waals surface area contributed by atoms with Crippen LogP contribution in [0, 0.1) is 12.4 Å². The van der Waals surface area contributed by atoms with E-state index in [-0.39, 0.29) is 22.3 Å². The molecule has 0 aliphatic rings. The van der Waals surface area contributed by atoms with Crippen LogP contribution in [0.5, 0.6) is 0 Å². The van der Waals surface area contributed by atoms with Gasteiger partial charge in [0.2, 0.25) is 5.69 Å². The molecule has 2 aromatic heterocycles. The van der Waals surface area contributed by atoms with E-state index < -0.39 is 11.9 Å². The predicted octanol–water partition coefficient (Wildman–Crippen LogP) is 3.59. The lowest BCUT2D eigenvalue weighted by molar-refractivity contribution is 0.178. The van der Waals surface area contributed by atoms with Crippen LogP contribution in [0.25, 0.3) is 15.9 Å². The molecule has 0 saturated heterocycles. The number of aliphatic hydroxyl groups is 1. The highest BCUT2D eigenvalue weighted by molar-refractivity contribution is 6.32. The first-order valence-corrected chi connectivity index (χ1v) is 8.57. The fraction of sp³-hybridized carbons (Fsp3) is 0.278. The van der Waals surface area contributed by atoms with E-state index in [4.69, 9.17) is 18.2 Å². The van der Waals surface area contributed by atoms with E-state index in [1.807, 2.05) is 0 Å². The van der Waals surface area contributed by atoms with Gasteiger partial charge in [-0.3, -0.25) is 9.13 Å². The number of rotatable bonds is 5. The summed E-state index contributed by atoms with van der Waals surface area (Å²) >= 11 is 5.88. The summed E-state index contributed by atoms with van der Waals surface area (Å²) in [4.78, 5) is 19.4. The number of anilines is 2. The average Bonchev–Trinajstić information content (AvgIpc) is 2.86. The van der Waals surface area contributed by atoms with E-state index in [0.29, 0.717) is 29.7 Å². The molecule has 0 radical (unpaired) electrons. The number of nitrogens with zero attached hydrogens (tertiary/aromatic N) is 4. The number of benzene rings is 1. The first kappa shape index (κ1) is 18.9. The summed E-state index contributed by atoms with van der Waals surface area (Å²) in [5.74, 6) is -0.814. The summed E-state index contributed by atoms with van der Waals surface area (Å²) in [5, 5.41) is 12.3. The molecule has 0 amide bonds. The standard InChI is InChI=1S/C18H17ClFN5O2/c1-10(26)6-7-25-15-8-11(4-5-14(15)24(3)18(25)27)22-17-12(20)9-13(21-2)16(19)23-17/h4-5,8-10,26H,6-7H2,1,3H3,(H,22,23)/t10-/m1/s1. The lowest BCUT2D eigenvalue weighted by Gasteiger charge is -2.10. The lowest BCUT2D eigenvalue weighted by Crippen LogP contribution is -2.23. The van der Waals surface area contributed by atoms with Gasteiger partial charge in [-0.25, -0.2) is 19.0 Å². The zero-order valence-electron chi connectivity index (χ0n) is 14.7. The Morgan fingerprint density at radius 1 is 1.41 bits per heavy atom. The summed E-state index contributed by atoms with van der Waals surface area (Å²) in [7, 11) is 1.67. The van der Waals surface area contributed by atoms with Crippen molar-refractivity contribution >= 4 is 39.8 Å². The van der Waals surface area contributed by atoms with Gasteiger partial charge in [0.25, 0.3) is 0 Å². The zero-order valence-corrected chi connectivity index (χ0v) is 15.5. The van der Waals surface area contributed by atoms with E-state index in [1.165, 1.54) is 4.57 Å². The minimum atomic E-state index is -0.704. The van der Waals surface area contributed by atoms with Crippen molar-refractivity contribution in [3.8, 4) is 0 Å². The molecule has 9 heteroatoms. The van der Waals surface area contributed by atoms with Gasteiger partial charge in [-0.05, 0) is 37.6 Å². The number of pyridine rings is 1. The number of fused-ring (bicyclic) bond motifs is 1. The number of hydrogen-bond donors (Lipinski definition) is 2. The zero-order chi connectivity index (χ0) is 19.7. The molecule has 0 spiro atoms. The number of aliphatic hydroxyl groups excluding tert-OH is 1. The van der Waals surface area contributed by atoms with Gasteiger partial charge < -0.3 is 10.4 Å². The minimum absolute atomic E-state index is 0.0646. The normalized spacial score (nSPS) is 12.1. The highest BCUT2D eigenvalue weighted by Gasteiger charge is 2.14. The van der Waals surface area contributed by atoms with Crippen molar-refractivity contribution in [2.45, 2.75) is 26.0 Å². The molecule has 7 nitrogen and oxygen atoms in total. The Morgan fingerprint density at radius 2 is 2.15 bits per heavy atom. The van der Waals surface area contributed by atoms with E-state index in [9.17, 15) is 14.3 Å². The van der Waals surface area contributed by atoms with Crippen molar-refractivity contribution < 1.29 is 9.50 Å².